The van der Waals surface area contributed by atoms with Crippen LogP contribution in [0.4, 0.5) is 0 Å². The number of thiol groups is 1. The first-order valence-corrected chi connectivity index (χ1v) is 12.7. The second-order valence-corrected chi connectivity index (χ2v) is 9.40. The number of aromatic nitrogens is 1. The predicted molar refractivity (Wildman–Crippen MR) is 136 cm³/mol. The van der Waals surface area contributed by atoms with Gasteiger partial charge in [-0.15, -0.1) is 0 Å². The molecule has 7 nitrogen and oxygen atoms in total. The Morgan fingerprint density at radius 2 is 2.11 bits per heavy atom. The molecule has 2 atom stereocenters. The SMILES string of the molecule is CC1=C(C(=O)OCc2ccccc2OCCS)[C@H](c2ccc(Cl)nc2)CC(=O)N1C[C@H]1CCCO1. The van der Waals surface area contributed by atoms with Crippen LogP contribution >= 0.6 is 24.2 Å². The lowest BCUT2D eigenvalue weighted by Gasteiger charge is -2.35. The van der Waals surface area contributed by atoms with Crippen molar-refractivity contribution in [3.05, 3.63) is 70.1 Å². The van der Waals surface area contributed by atoms with Gasteiger partial charge in [0.05, 0.1) is 24.8 Å². The number of amides is 1. The predicted octanol–water partition coefficient (Wildman–Crippen LogP) is 4.56. The van der Waals surface area contributed by atoms with Crippen molar-refractivity contribution in [1.82, 2.24) is 9.88 Å². The van der Waals surface area contributed by atoms with Gasteiger partial charge in [0.2, 0.25) is 5.91 Å². The Morgan fingerprint density at radius 3 is 2.83 bits per heavy atom. The average Bonchev–Trinajstić information content (AvgIpc) is 3.38. The monoisotopic (exact) mass is 516 g/mol. The van der Waals surface area contributed by atoms with Crippen molar-refractivity contribution in [3.63, 3.8) is 0 Å². The average molecular weight is 517 g/mol. The topological polar surface area (TPSA) is 78.0 Å². The van der Waals surface area contributed by atoms with Gasteiger partial charge in [-0.05, 0) is 37.5 Å². The number of rotatable bonds is 9. The van der Waals surface area contributed by atoms with E-state index in [9.17, 15) is 9.59 Å². The zero-order chi connectivity index (χ0) is 24.8. The van der Waals surface area contributed by atoms with Gasteiger partial charge in [-0.25, -0.2) is 9.78 Å². The molecule has 35 heavy (non-hydrogen) atoms. The number of pyridine rings is 1. The fourth-order valence-electron chi connectivity index (χ4n) is 4.51. The highest BCUT2D eigenvalue weighted by atomic mass is 35.5. The molecule has 1 aromatic carbocycles. The third kappa shape index (κ3) is 6.18. The maximum atomic E-state index is 13.5. The van der Waals surface area contributed by atoms with Gasteiger partial charge < -0.3 is 19.1 Å². The standard InChI is InChI=1S/C26H29ClN2O5S/c1-17-25(26(31)34-16-19-5-2-3-7-22(19)33-11-12-35)21(18-8-9-23(27)28-14-18)13-24(30)29(17)15-20-6-4-10-32-20/h2-3,5,7-9,14,20-21,35H,4,6,10-13,15-16H2,1H3/t20-,21+/m1/s1. The molecule has 9 heteroatoms. The maximum Gasteiger partial charge on any atom is 0.336 e. The zero-order valence-corrected chi connectivity index (χ0v) is 21.3. The summed E-state index contributed by atoms with van der Waals surface area (Å²) in [7, 11) is 0. The molecule has 1 saturated heterocycles. The molecule has 4 rings (SSSR count). The molecule has 2 aliphatic rings. The molecule has 1 aromatic heterocycles. The number of hydrogen-bond donors (Lipinski definition) is 1. The summed E-state index contributed by atoms with van der Waals surface area (Å²) in [6, 6.07) is 10.9. The molecule has 0 bridgehead atoms. The van der Waals surface area contributed by atoms with E-state index in [0.717, 1.165) is 24.0 Å². The highest BCUT2D eigenvalue weighted by Crippen LogP contribution is 2.38. The van der Waals surface area contributed by atoms with Crippen molar-refractivity contribution < 1.29 is 23.8 Å². The van der Waals surface area contributed by atoms with Gasteiger partial charge in [0, 0.05) is 42.2 Å². The molecule has 1 amide bonds. The summed E-state index contributed by atoms with van der Waals surface area (Å²) in [6.07, 6.45) is 3.58. The number of para-hydroxylation sites is 1. The van der Waals surface area contributed by atoms with E-state index in [2.05, 4.69) is 17.6 Å². The van der Waals surface area contributed by atoms with Crippen LogP contribution in [0.2, 0.25) is 5.15 Å². The number of allylic oxidation sites excluding steroid dienone is 1. The number of hydrogen-bond acceptors (Lipinski definition) is 7. The van der Waals surface area contributed by atoms with Gasteiger partial charge in [0.25, 0.3) is 0 Å². The van der Waals surface area contributed by atoms with Gasteiger partial charge in [-0.3, -0.25) is 4.79 Å². The van der Waals surface area contributed by atoms with Crippen LogP contribution in [0.3, 0.4) is 0 Å². The van der Waals surface area contributed by atoms with Crippen molar-refractivity contribution in [2.45, 2.75) is 44.8 Å². The first-order valence-electron chi connectivity index (χ1n) is 11.7. The van der Waals surface area contributed by atoms with E-state index in [4.69, 9.17) is 25.8 Å². The number of carbonyl (C=O) groups is 2. The van der Waals surface area contributed by atoms with E-state index in [1.165, 1.54) is 0 Å². The van der Waals surface area contributed by atoms with Gasteiger partial charge >= 0.3 is 5.97 Å². The third-order valence-corrected chi connectivity index (χ3v) is 6.69. The van der Waals surface area contributed by atoms with Crippen molar-refractivity contribution in [1.29, 1.82) is 0 Å². The molecule has 1 fully saturated rings. The minimum Gasteiger partial charge on any atom is -0.492 e. The molecule has 0 saturated carbocycles. The summed E-state index contributed by atoms with van der Waals surface area (Å²) in [5.41, 5.74) is 2.53. The molecular formula is C26H29ClN2O5S. The molecule has 2 aromatic rings. The summed E-state index contributed by atoms with van der Waals surface area (Å²) < 4.78 is 17.2. The van der Waals surface area contributed by atoms with Crippen LogP contribution in [0.5, 0.6) is 5.75 Å². The molecule has 0 spiro atoms. The Morgan fingerprint density at radius 1 is 1.29 bits per heavy atom. The number of nitrogens with zero attached hydrogens (tertiary/aromatic N) is 2. The quantitative estimate of drug-likeness (QED) is 0.299. The van der Waals surface area contributed by atoms with E-state index in [0.29, 0.717) is 47.7 Å². The second-order valence-electron chi connectivity index (χ2n) is 8.57. The van der Waals surface area contributed by atoms with E-state index in [-0.39, 0.29) is 25.0 Å². The van der Waals surface area contributed by atoms with Gasteiger partial charge in [-0.1, -0.05) is 35.9 Å². The number of benzene rings is 1. The molecule has 186 valence electrons. The Hall–Kier alpha value is -2.55. The van der Waals surface area contributed by atoms with Gasteiger partial charge in [-0.2, -0.15) is 12.6 Å². The first-order chi connectivity index (χ1) is 17.0. The van der Waals surface area contributed by atoms with Crippen LogP contribution in [0.15, 0.2) is 53.9 Å². The number of carbonyl (C=O) groups excluding carboxylic acids is 2. The molecule has 0 unspecified atom stereocenters. The number of halogens is 1. The molecule has 0 aliphatic carbocycles. The van der Waals surface area contributed by atoms with Gasteiger partial charge in [0.15, 0.2) is 0 Å². The van der Waals surface area contributed by atoms with E-state index >= 15 is 0 Å². The summed E-state index contributed by atoms with van der Waals surface area (Å²) in [4.78, 5) is 32.5. The number of esters is 1. The van der Waals surface area contributed by atoms with Crippen LogP contribution in [-0.2, 0) is 25.7 Å². The lowest BCUT2D eigenvalue weighted by atomic mass is 9.84. The van der Waals surface area contributed by atoms with E-state index < -0.39 is 11.9 Å². The van der Waals surface area contributed by atoms with Crippen LogP contribution in [0, 0.1) is 0 Å². The number of ether oxygens (including phenoxy) is 3. The fourth-order valence-corrected chi connectivity index (χ4v) is 4.71. The summed E-state index contributed by atoms with van der Waals surface area (Å²) in [5, 5.41) is 0.346. The Kier molecular flexibility index (Phi) is 8.70. The van der Waals surface area contributed by atoms with Crippen molar-refractivity contribution in [3.8, 4) is 5.75 Å². The molecular weight excluding hydrogens is 488 g/mol. The minimum atomic E-state index is -0.476. The van der Waals surface area contributed by atoms with Crippen molar-refractivity contribution in [2.75, 3.05) is 25.5 Å². The molecule has 2 aliphatic heterocycles. The van der Waals surface area contributed by atoms with Crippen molar-refractivity contribution in [2.24, 2.45) is 0 Å². The molecule has 0 radical (unpaired) electrons. The van der Waals surface area contributed by atoms with E-state index in [1.54, 1.807) is 30.2 Å². The Balaban J connectivity index is 1.61. The highest BCUT2D eigenvalue weighted by Gasteiger charge is 2.38. The minimum absolute atomic E-state index is 0.0317. The Bertz CT molecular complexity index is 1090. The summed E-state index contributed by atoms with van der Waals surface area (Å²) >= 11 is 10.2. The second kappa shape index (κ2) is 11.9. The molecule has 3 heterocycles. The smallest absolute Gasteiger partial charge is 0.336 e. The summed E-state index contributed by atoms with van der Waals surface area (Å²) in [5.74, 6) is 0.218. The largest absolute Gasteiger partial charge is 0.492 e. The van der Waals surface area contributed by atoms with Gasteiger partial charge in [0.1, 0.15) is 17.5 Å². The third-order valence-electron chi connectivity index (χ3n) is 6.29. The summed E-state index contributed by atoms with van der Waals surface area (Å²) in [6.45, 7) is 3.40. The molecule has 0 N–H and O–H groups in total. The van der Waals surface area contributed by atoms with Crippen LogP contribution in [0.25, 0.3) is 0 Å². The van der Waals surface area contributed by atoms with Crippen LogP contribution in [0.1, 0.15) is 43.2 Å². The van der Waals surface area contributed by atoms with Crippen LogP contribution < -0.4 is 4.74 Å². The lowest BCUT2D eigenvalue weighted by Crippen LogP contribution is -2.42. The normalized spacial score (nSPS) is 20.3. The van der Waals surface area contributed by atoms with Crippen LogP contribution in [-0.4, -0.2) is 53.4 Å². The Labute approximate surface area is 215 Å². The maximum absolute atomic E-state index is 13.5. The lowest BCUT2D eigenvalue weighted by molar-refractivity contribution is -0.141. The zero-order valence-electron chi connectivity index (χ0n) is 19.6. The van der Waals surface area contributed by atoms with Crippen molar-refractivity contribution >= 4 is 36.1 Å². The fraction of sp³-hybridized carbons (Fsp3) is 0.423. The highest BCUT2D eigenvalue weighted by molar-refractivity contribution is 7.80. The van der Waals surface area contributed by atoms with E-state index in [1.807, 2.05) is 24.3 Å². The first kappa shape index (κ1) is 25.5.